The van der Waals surface area contributed by atoms with Crippen molar-refractivity contribution in [3.8, 4) is 0 Å². The molecule has 0 atom stereocenters. The summed E-state index contributed by atoms with van der Waals surface area (Å²) in [5.41, 5.74) is 7.16. The molecule has 0 radical (unpaired) electrons. The molecular formula is C15H22Cl2FN5O. The van der Waals surface area contributed by atoms with E-state index >= 15 is 0 Å². The molecule has 24 heavy (non-hydrogen) atoms. The van der Waals surface area contributed by atoms with Crippen molar-refractivity contribution in [3.63, 3.8) is 0 Å². The fourth-order valence-electron chi connectivity index (χ4n) is 2.76. The SMILES string of the molecule is Cl.Cl.Cn1c(NC(=O)CN2CCC(N)CC2)nc2cc(F)ccc21. The van der Waals surface area contributed by atoms with Crippen molar-refractivity contribution in [3.05, 3.63) is 24.0 Å². The zero-order chi connectivity index (χ0) is 15.7. The number of likely N-dealkylation sites (tertiary alicyclic amines) is 1. The normalized spacial score (nSPS) is 15.6. The van der Waals surface area contributed by atoms with Gasteiger partial charge in [-0.3, -0.25) is 15.0 Å². The average molecular weight is 378 g/mol. The lowest BCUT2D eigenvalue weighted by Crippen LogP contribution is -2.43. The fraction of sp³-hybridized carbons (Fsp3) is 0.467. The number of hydrogen-bond donors (Lipinski definition) is 2. The lowest BCUT2D eigenvalue weighted by Gasteiger charge is -2.29. The maximum Gasteiger partial charge on any atom is 0.240 e. The molecule has 3 N–H and O–H groups in total. The second-order valence-electron chi connectivity index (χ2n) is 5.79. The number of carbonyl (C=O) groups excluding carboxylic acids is 1. The number of piperidine rings is 1. The first-order valence-electron chi connectivity index (χ1n) is 7.42. The van der Waals surface area contributed by atoms with Crippen LogP contribution in [0.25, 0.3) is 11.0 Å². The van der Waals surface area contributed by atoms with Crippen LogP contribution in [-0.2, 0) is 11.8 Å². The van der Waals surface area contributed by atoms with Gasteiger partial charge in [0.1, 0.15) is 5.82 Å². The Hall–Kier alpha value is -1.41. The number of fused-ring (bicyclic) bond motifs is 1. The van der Waals surface area contributed by atoms with Gasteiger partial charge in [0.25, 0.3) is 0 Å². The van der Waals surface area contributed by atoms with E-state index in [1.807, 2.05) is 0 Å². The lowest BCUT2D eigenvalue weighted by atomic mass is 10.1. The largest absolute Gasteiger partial charge is 0.328 e. The standard InChI is InChI=1S/C15H20FN5O.2ClH/c1-20-13-3-2-10(16)8-12(13)18-15(20)19-14(22)9-21-6-4-11(17)5-7-21;;/h2-3,8,11H,4-7,9,17H2,1H3,(H,18,19,22);2*1H. The van der Waals surface area contributed by atoms with Gasteiger partial charge in [-0.15, -0.1) is 24.8 Å². The third-order valence-corrected chi connectivity index (χ3v) is 4.09. The van der Waals surface area contributed by atoms with E-state index in [4.69, 9.17) is 5.73 Å². The number of aryl methyl sites for hydroxylation is 1. The molecule has 1 amide bonds. The van der Waals surface area contributed by atoms with Gasteiger partial charge in [0.2, 0.25) is 11.9 Å². The summed E-state index contributed by atoms with van der Waals surface area (Å²) in [6.07, 6.45) is 1.83. The van der Waals surface area contributed by atoms with Crippen LogP contribution in [0.5, 0.6) is 0 Å². The number of benzene rings is 1. The molecule has 1 aliphatic heterocycles. The average Bonchev–Trinajstić information content (AvgIpc) is 2.77. The number of imidazole rings is 1. The number of rotatable bonds is 3. The number of hydrogen-bond acceptors (Lipinski definition) is 4. The molecule has 0 aliphatic carbocycles. The highest BCUT2D eigenvalue weighted by molar-refractivity contribution is 5.92. The molecule has 2 aromatic rings. The minimum absolute atomic E-state index is 0. The molecule has 6 nitrogen and oxygen atoms in total. The van der Waals surface area contributed by atoms with Crippen molar-refractivity contribution >= 4 is 47.7 Å². The Morgan fingerprint density at radius 1 is 1.38 bits per heavy atom. The first kappa shape index (κ1) is 20.6. The van der Waals surface area contributed by atoms with Gasteiger partial charge < -0.3 is 10.3 Å². The molecule has 0 saturated carbocycles. The Morgan fingerprint density at radius 3 is 2.71 bits per heavy atom. The molecule has 3 rings (SSSR count). The van der Waals surface area contributed by atoms with E-state index in [2.05, 4.69) is 15.2 Å². The second kappa shape index (κ2) is 8.62. The van der Waals surface area contributed by atoms with Crippen LogP contribution in [0, 0.1) is 5.82 Å². The van der Waals surface area contributed by atoms with Crippen molar-refractivity contribution in [2.75, 3.05) is 25.0 Å². The van der Waals surface area contributed by atoms with Gasteiger partial charge in [0.05, 0.1) is 17.6 Å². The van der Waals surface area contributed by atoms with Gasteiger partial charge in [-0.1, -0.05) is 0 Å². The zero-order valence-electron chi connectivity index (χ0n) is 13.4. The van der Waals surface area contributed by atoms with Crippen molar-refractivity contribution in [2.24, 2.45) is 12.8 Å². The van der Waals surface area contributed by atoms with Crippen LogP contribution in [0.4, 0.5) is 10.3 Å². The van der Waals surface area contributed by atoms with Crippen molar-refractivity contribution in [1.29, 1.82) is 0 Å². The maximum atomic E-state index is 13.2. The number of nitrogens with zero attached hydrogens (tertiary/aromatic N) is 3. The second-order valence-corrected chi connectivity index (χ2v) is 5.79. The van der Waals surface area contributed by atoms with E-state index in [0.29, 0.717) is 18.0 Å². The minimum atomic E-state index is -0.340. The van der Waals surface area contributed by atoms with E-state index < -0.39 is 0 Å². The number of anilines is 1. The van der Waals surface area contributed by atoms with E-state index in [1.165, 1.54) is 12.1 Å². The van der Waals surface area contributed by atoms with E-state index in [-0.39, 0.29) is 42.6 Å². The predicted octanol–water partition coefficient (Wildman–Crippen LogP) is 1.92. The molecule has 9 heteroatoms. The first-order chi connectivity index (χ1) is 10.5. The maximum absolute atomic E-state index is 13.2. The molecule has 0 unspecified atom stereocenters. The van der Waals surface area contributed by atoms with Crippen LogP contribution in [0.2, 0.25) is 0 Å². The number of aromatic nitrogens is 2. The van der Waals surface area contributed by atoms with Crippen LogP contribution in [-0.4, -0.2) is 46.0 Å². The van der Waals surface area contributed by atoms with Gasteiger partial charge in [-0.25, -0.2) is 9.37 Å². The Labute approximate surface area is 152 Å². The van der Waals surface area contributed by atoms with Gasteiger partial charge in [0, 0.05) is 32.2 Å². The number of nitrogens with one attached hydrogen (secondary N) is 1. The van der Waals surface area contributed by atoms with Crippen molar-refractivity contribution in [2.45, 2.75) is 18.9 Å². The van der Waals surface area contributed by atoms with Crippen LogP contribution >= 0.6 is 24.8 Å². The highest BCUT2D eigenvalue weighted by Crippen LogP contribution is 2.19. The fourth-order valence-corrected chi connectivity index (χ4v) is 2.76. The number of amides is 1. The Morgan fingerprint density at radius 2 is 2.04 bits per heavy atom. The molecular weight excluding hydrogens is 356 g/mol. The van der Waals surface area contributed by atoms with Gasteiger partial charge in [-0.05, 0) is 25.0 Å². The van der Waals surface area contributed by atoms with Crippen LogP contribution in [0.15, 0.2) is 18.2 Å². The first-order valence-corrected chi connectivity index (χ1v) is 7.42. The van der Waals surface area contributed by atoms with Crippen LogP contribution in [0.1, 0.15) is 12.8 Å². The van der Waals surface area contributed by atoms with Gasteiger partial charge in [-0.2, -0.15) is 0 Å². The summed E-state index contributed by atoms with van der Waals surface area (Å²) in [6.45, 7) is 2.00. The van der Waals surface area contributed by atoms with E-state index in [9.17, 15) is 9.18 Å². The van der Waals surface area contributed by atoms with Crippen molar-refractivity contribution < 1.29 is 9.18 Å². The quantitative estimate of drug-likeness (QED) is 0.856. The molecule has 1 saturated heterocycles. The highest BCUT2D eigenvalue weighted by atomic mass is 35.5. The summed E-state index contributed by atoms with van der Waals surface area (Å²) in [4.78, 5) is 18.5. The number of nitrogens with two attached hydrogens (primary N) is 1. The van der Waals surface area contributed by atoms with Crippen LogP contribution < -0.4 is 11.1 Å². The zero-order valence-corrected chi connectivity index (χ0v) is 15.0. The Balaban J connectivity index is 0.00000144. The van der Waals surface area contributed by atoms with E-state index in [1.54, 1.807) is 17.7 Å². The molecule has 2 heterocycles. The molecule has 1 aliphatic rings. The van der Waals surface area contributed by atoms with Crippen molar-refractivity contribution in [1.82, 2.24) is 14.5 Å². The molecule has 1 aromatic heterocycles. The van der Waals surface area contributed by atoms with Crippen LogP contribution in [0.3, 0.4) is 0 Å². The lowest BCUT2D eigenvalue weighted by molar-refractivity contribution is -0.117. The van der Waals surface area contributed by atoms with Gasteiger partial charge >= 0.3 is 0 Å². The summed E-state index contributed by atoms with van der Waals surface area (Å²) in [7, 11) is 1.79. The molecule has 1 fully saturated rings. The summed E-state index contributed by atoms with van der Waals surface area (Å²) >= 11 is 0. The molecule has 0 bridgehead atoms. The summed E-state index contributed by atoms with van der Waals surface area (Å²) in [5.74, 6) is -0.0261. The summed E-state index contributed by atoms with van der Waals surface area (Å²) < 4.78 is 15.0. The van der Waals surface area contributed by atoms with Gasteiger partial charge in [0.15, 0.2) is 0 Å². The Kier molecular flexibility index (Phi) is 7.41. The predicted molar refractivity (Wildman–Crippen MR) is 97.4 cm³/mol. The van der Waals surface area contributed by atoms with E-state index in [0.717, 1.165) is 31.4 Å². The third-order valence-electron chi connectivity index (χ3n) is 4.09. The number of carbonyl (C=O) groups is 1. The third kappa shape index (κ3) is 4.57. The highest BCUT2D eigenvalue weighted by Gasteiger charge is 2.19. The number of halogens is 3. The molecule has 0 spiro atoms. The molecule has 134 valence electrons. The monoisotopic (exact) mass is 377 g/mol. The summed E-state index contributed by atoms with van der Waals surface area (Å²) in [5, 5.41) is 2.80. The Bertz CT molecular complexity index is 700. The summed E-state index contributed by atoms with van der Waals surface area (Å²) in [6, 6.07) is 4.64. The smallest absolute Gasteiger partial charge is 0.240 e. The topological polar surface area (TPSA) is 76.2 Å². The molecule has 1 aromatic carbocycles. The minimum Gasteiger partial charge on any atom is -0.328 e.